The van der Waals surface area contributed by atoms with Gasteiger partial charge in [-0.3, -0.25) is 14.3 Å². The molecule has 3 heterocycles. The number of hydrogen-bond acceptors (Lipinski definition) is 7. The molecule has 0 N–H and O–H groups in total. The van der Waals surface area contributed by atoms with E-state index in [9.17, 15) is 9.59 Å². The molecule has 4 rings (SSSR count). The van der Waals surface area contributed by atoms with Crippen LogP contribution in [0.1, 0.15) is 31.7 Å². The van der Waals surface area contributed by atoms with E-state index in [2.05, 4.69) is 24.9 Å². The summed E-state index contributed by atoms with van der Waals surface area (Å²) < 4.78 is 2.62. The Morgan fingerprint density at radius 3 is 2.22 bits per heavy atom. The van der Waals surface area contributed by atoms with Crippen molar-refractivity contribution in [3.8, 4) is 0 Å². The van der Waals surface area contributed by atoms with Crippen LogP contribution >= 0.6 is 0 Å². The first-order chi connectivity index (χ1) is 13.1. The summed E-state index contributed by atoms with van der Waals surface area (Å²) in [5.74, 6) is 0.806. The fourth-order valence-corrected chi connectivity index (χ4v) is 4.16. The fraction of sp³-hybridized carbons (Fsp3) is 0.611. The van der Waals surface area contributed by atoms with Crippen molar-refractivity contribution in [3.63, 3.8) is 0 Å². The molecule has 1 aliphatic carbocycles. The second kappa shape index (κ2) is 7.59. The number of nitrogens with zero attached hydrogens (tertiary/aromatic N) is 7. The minimum Gasteiger partial charge on any atom is -0.338 e. The first-order valence-electron chi connectivity index (χ1n) is 9.54. The molecule has 0 spiro atoms. The van der Waals surface area contributed by atoms with Gasteiger partial charge in [0.2, 0.25) is 5.95 Å². The van der Waals surface area contributed by atoms with Crippen LogP contribution in [0.15, 0.2) is 34.2 Å². The number of aromatic nitrogens is 5. The van der Waals surface area contributed by atoms with Crippen molar-refractivity contribution in [2.24, 2.45) is 7.05 Å². The van der Waals surface area contributed by atoms with Crippen molar-refractivity contribution in [2.75, 3.05) is 31.1 Å². The highest BCUT2D eigenvalue weighted by Gasteiger charge is 2.30. The molecule has 1 saturated carbocycles. The van der Waals surface area contributed by atoms with E-state index in [0.29, 0.717) is 6.04 Å². The van der Waals surface area contributed by atoms with E-state index in [1.807, 2.05) is 6.07 Å². The van der Waals surface area contributed by atoms with Crippen LogP contribution in [0.3, 0.4) is 0 Å². The van der Waals surface area contributed by atoms with Gasteiger partial charge in [0.1, 0.15) is 6.20 Å². The predicted molar refractivity (Wildman–Crippen MR) is 101 cm³/mol. The molecule has 1 saturated heterocycles. The average Bonchev–Trinajstić information content (AvgIpc) is 2.73. The number of anilines is 1. The molecular formula is C18H25N7O2. The van der Waals surface area contributed by atoms with Crippen molar-refractivity contribution in [1.82, 2.24) is 29.2 Å². The van der Waals surface area contributed by atoms with Crippen molar-refractivity contribution >= 4 is 5.95 Å². The van der Waals surface area contributed by atoms with E-state index in [-0.39, 0.29) is 17.3 Å². The molecule has 0 amide bonds. The summed E-state index contributed by atoms with van der Waals surface area (Å²) in [5, 5.41) is 4.08. The smallest absolute Gasteiger partial charge is 0.338 e. The SMILES string of the molecule is Cn1c(=O)cnn([C@H]2CC[C@@H](N3CCN(c4ncccn4)CC3)CC2)c1=O. The Balaban J connectivity index is 1.33. The Labute approximate surface area is 157 Å². The molecular weight excluding hydrogens is 346 g/mol. The Morgan fingerprint density at radius 2 is 1.56 bits per heavy atom. The highest BCUT2D eigenvalue weighted by atomic mass is 16.2. The van der Waals surface area contributed by atoms with E-state index >= 15 is 0 Å². The number of hydrogen-bond donors (Lipinski definition) is 0. The second-order valence-corrected chi connectivity index (χ2v) is 7.30. The van der Waals surface area contributed by atoms with Crippen molar-refractivity contribution in [1.29, 1.82) is 0 Å². The van der Waals surface area contributed by atoms with Gasteiger partial charge in [0, 0.05) is 51.7 Å². The van der Waals surface area contributed by atoms with E-state index in [1.165, 1.54) is 17.9 Å². The molecule has 0 aromatic carbocycles. The average molecular weight is 371 g/mol. The minimum absolute atomic E-state index is 0.0829. The molecule has 2 fully saturated rings. The quantitative estimate of drug-likeness (QED) is 0.752. The van der Waals surface area contributed by atoms with Gasteiger partial charge in [-0.25, -0.2) is 19.4 Å². The highest BCUT2D eigenvalue weighted by Crippen LogP contribution is 2.30. The number of rotatable bonds is 3. The van der Waals surface area contributed by atoms with Crippen LogP contribution in [0, 0.1) is 0 Å². The number of piperazine rings is 1. The van der Waals surface area contributed by atoms with Gasteiger partial charge in [0.25, 0.3) is 5.56 Å². The minimum atomic E-state index is -0.356. The molecule has 27 heavy (non-hydrogen) atoms. The normalized spacial score (nSPS) is 24.1. The van der Waals surface area contributed by atoms with E-state index in [1.54, 1.807) is 12.4 Å². The monoisotopic (exact) mass is 371 g/mol. The zero-order chi connectivity index (χ0) is 18.8. The van der Waals surface area contributed by atoms with Gasteiger partial charge in [-0.2, -0.15) is 5.10 Å². The maximum atomic E-state index is 12.3. The Bertz CT molecular complexity index is 879. The van der Waals surface area contributed by atoms with Crippen molar-refractivity contribution in [3.05, 3.63) is 45.5 Å². The summed E-state index contributed by atoms with van der Waals surface area (Å²) in [4.78, 5) is 37.3. The summed E-state index contributed by atoms with van der Waals surface area (Å²) in [6.07, 6.45) is 8.72. The zero-order valence-electron chi connectivity index (χ0n) is 15.6. The third kappa shape index (κ3) is 3.64. The summed E-state index contributed by atoms with van der Waals surface area (Å²) in [7, 11) is 1.50. The molecule has 9 heteroatoms. The molecule has 0 radical (unpaired) electrons. The summed E-state index contributed by atoms with van der Waals surface area (Å²) in [6.45, 7) is 3.88. The molecule has 2 aromatic heterocycles. The molecule has 2 aromatic rings. The predicted octanol–water partition coefficient (Wildman–Crippen LogP) is 0.0379. The van der Waals surface area contributed by atoms with Gasteiger partial charge >= 0.3 is 5.69 Å². The topological polar surface area (TPSA) is 89.2 Å². The van der Waals surface area contributed by atoms with Gasteiger partial charge in [-0.05, 0) is 31.7 Å². The largest absolute Gasteiger partial charge is 0.347 e. The standard InChI is InChI=1S/C18H25N7O2/c1-22-16(26)13-21-25(18(22)27)15-5-3-14(4-6-15)23-9-11-24(12-10-23)17-19-7-2-8-20-17/h2,7-8,13-15H,3-6,9-12H2,1H3/t14-,15+. The Morgan fingerprint density at radius 1 is 0.926 bits per heavy atom. The van der Waals surface area contributed by atoms with E-state index < -0.39 is 0 Å². The van der Waals surface area contributed by atoms with Crippen molar-refractivity contribution < 1.29 is 0 Å². The zero-order valence-corrected chi connectivity index (χ0v) is 15.6. The lowest BCUT2D eigenvalue weighted by Gasteiger charge is -2.41. The lowest BCUT2D eigenvalue weighted by atomic mass is 9.90. The third-order valence-corrected chi connectivity index (χ3v) is 5.78. The maximum absolute atomic E-state index is 12.3. The van der Waals surface area contributed by atoms with E-state index in [0.717, 1.165) is 62.4 Å². The molecule has 0 atom stereocenters. The molecule has 0 unspecified atom stereocenters. The molecule has 1 aliphatic heterocycles. The van der Waals surface area contributed by atoms with Crippen LogP contribution in [0.2, 0.25) is 0 Å². The Kier molecular flexibility index (Phi) is 5.02. The Hall–Kier alpha value is -2.55. The first-order valence-corrected chi connectivity index (χ1v) is 9.54. The van der Waals surface area contributed by atoms with Crippen molar-refractivity contribution in [2.45, 2.75) is 37.8 Å². The molecule has 144 valence electrons. The maximum Gasteiger partial charge on any atom is 0.347 e. The van der Waals surface area contributed by atoms with Crippen LogP contribution < -0.4 is 16.1 Å². The van der Waals surface area contributed by atoms with Gasteiger partial charge in [0.05, 0.1) is 6.04 Å². The third-order valence-electron chi connectivity index (χ3n) is 5.78. The van der Waals surface area contributed by atoms with Gasteiger partial charge < -0.3 is 4.90 Å². The second-order valence-electron chi connectivity index (χ2n) is 7.30. The van der Waals surface area contributed by atoms with Crippen LogP contribution in [0.25, 0.3) is 0 Å². The lowest BCUT2D eigenvalue weighted by Crippen LogP contribution is -2.52. The van der Waals surface area contributed by atoms with Gasteiger partial charge in [-0.1, -0.05) is 0 Å². The summed E-state index contributed by atoms with van der Waals surface area (Å²) in [5.41, 5.74) is -0.673. The molecule has 2 aliphatic rings. The first kappa shape index (κ1) is 17.8. The van der Waals surface area contributed by atoms with Gasteiger partial charge in [-0.15, -0.1) is 0 Å². The van der Waals surface area contributed by atoms with Crippen LogP contribution in [0.4, 0.5) is 5.95 Å². The van der Waals surface area contributed by atoms with Gasteiger partial charge in [0.15, 0.2) is 0 Å². The lowest BCUT2D eigenvalue weighted by molar-refractivity contribution is 0.125. The summed E-state index contributed by atoms with van der Waals surface area (Å²) >= 11 is 0. The molecule has 0 bridgehead atoms. The van der Waals surface area contributed by atoms with Crippen LogP contribution in [-0.2, 0) is 7.05 Å². The molecule has 9 nitrogen and oxygen atoms in total. The van der Waals surface area contributed by atoms with Crippen LogP contribution in [-0.4, -0.2) is 61.4 Å². The van der Waals surface area contributed by atoms with E-state index in [4.69, 9.17) is 0 Å². The summed E-state index contributed by atoms with van der Waals surface area (Å²) in [6, 6.07) is 2.46. The highest BCUT2D eigenvalue weighted by molar-refractivity contribution is 5.29. The fourth-order valence-electron chi connectivity index (χ4n) is 4.16. The van der Waals surface area contributed by atoms with Crippen LogP contribution in [0.5, 0.6) is 0 Å².